The average molecular weight is 273 g/mol. The lowest BCUT2D eigenvalue weighted by Crippen LogP contribution is -2.11. The molecule has 5 heteroatoms. The minimum Gasteiger partial charge on any atom is -0.457 e. The molecule has 0 radical (unpaired) electrons. The first kappa shape index (κ1) is 13.7. The largest absolute Gasteiger partial charge is 0.457 e. The predicted octanol–water partition coefficient (Wildman–Crippen LogP) is 2.28. The number of rotatable bonds is 4. The van der Waals surface area contributed by atoms with Gasteiger partial charge < -0.3 is 10.5 Å². The number of carbonyl (C=O) groups excluding carboxylic acids is 2. The van der Waals surface area contributed by atoms with Crippen molar-refractivity contribution < 1.29 is 18.7 Å². The number of halogens is 1. The highest BCUT2D eigenvalue weighted by molar-refractivity contribution is 5.95. The quantitative estimate of drug-likeness (QED) is 0.869. The van der Waals surface area contributed by atoms with Crippen molar-refractivity contribution in [2.75, 3.05) is 0 Å². The van der Waals surface area contributed by atoms with Crippen LogP contribution in [-0.2, 0) is 11.3 Å². The van der Waals surface area contributed by atoms with Crippen LogP contribution in [0.3, 0.4) is 0 Å². The van der Waals surface area contributed by atoms with Crippen LogP contribution in [-0.4, -0.2) is 11.9 Å². The van der Waals surface area contributed by atoms with E-state index in [4.69, 9.17) is 10.5 Å². The first-order chi connectivity index (χ1) is 9.58. The lowest BCUT2D eigenvalue weighted by Gasteiger charge is -2.06. The lowest BCUT2D eigenvalue weighted by molar-refractivity contribution is 0.0468. The van der Waals surface area contributed by atoms with Crippen LogP contribution in [0.4, 0.5) is 4.39 Å². The topological polar surface area (TPSA) is 69.4 Å². The molecule has 0 bridgehead atoms. The maximum atomic E-state index is 13.3. The molecule has 0 unspecified atom stereocenters. The van der Waals surface area contributed by atoms with Gasteiger partial charge in [0.25, 0.3) is 0 Å². The van der Waals surface area contributed by atoms with Crippen LogP contribution in [0.15, 0.2) is 48.5 Å². The van der Waals surface area contributed by atoms with Gasteiger partial charge in [-0.15, -0.1) is 0 Å². The minimum absolute atomic E-state index is 0.150. The molecule has 0 aliphatic carbocycles. The Labute approximate surface area is 115 Å². The molecule has 2 N–H and O–H groups in total. The number of benzene rings is 2. The van der Waals surface area contributed by atoms with Crippen molar-refractivity contribution in [2.24, 2.45) is 5.73 Å². The van der Waals surface area contributed by atoms with Crippen LogP contribution in [0.1, 0.15) is 26.3 Å². The molecule has 20 heavy (non-hydrogen) atoms. The second-order valence-corrected chi connectivity index (χ2v) is 4.11. The van der Waals surface area contributed by atoms with E-state index >= 15 is 0 Å². The molecule has 4 nitrogen and oxygen atoms in total. The van der Waals surface area contributed by atoms with Crippen molar-refractivity contribution in [3.8, 4) is 0 Å². The SMILES string of the molecule is NC(=O)c1ccc(C(=O)OCc2ccccc2F)cc1. The van der Waals surface area contributed by atoms with E-state index in [1.807, 2.05) is 0 Å². The fourth-order valence-electron chi connectivity index (χ4n) is 1.61. The molecular weight excluding hydrogens is 261 g/mol. The fraction of sp³-hybridized carbons (Fsp3) is 0.0667. The third kappa shape index (κ3) is 3.20. The number of ether oxygens (including phenoxy) is 1. The number of esters is 1. The van der Waals surface area contributed by atoms with E-state index in [0.717, 1.165) is 0 Å². The molecule has 0 heterocycles. The van der Waals surface area contributed by atoms with Crippen molar-refractivity contribution in [2.45, 2.75) is 6.61 Å². The summed E-state index contributed by atoms with van der Waals surface area (Å²) in [5.41, 5.74) is 5.97. The van der Waals surface area contributed by atoms with Crippen LogP contribution < -0.4 is 5.73 Å². The zero-order valence-electron chi connectivity index (χ0n) is 10.5. The summed E-state index contributed by atoms with van der Waals surface area (Å²) < 4.78 is 18.3. The van der Waals surface area contributed by atoms with Crippen LogP contribution in [0, 0.1) is 5.82 Å². The predicted molar refractivity (Wildman–Crippen MR) is 70.5 cm³/mol. The molecule has 0 aliphatic rings. The molecule has 0 saturated carbocycles. The molecule has 0 aliphatic heterocycles. The Bertz CT molecular complexity index is 638. The highest BCUT2D eigenvalue weighted by Gasteiger charge is 2.10. The zero-order valence-corrected chi connectivity index (χ0v) is 10.5. The number of amides is 1. The fourth-order valence-corrected chi connectivity index (χ4v) is 1.61. The minimum atomic E-state index is -0.593. The van der Waals surface area contributed by atoms with Crippen molar-refractivity contribution in [1.82, 2.24) is 0 Å². The lowest BCUT2D eigenvalue weighted by atomic mass is 10.1. The van der Waals surface area contributed by atoms with Gasteiger partial charge in [-0.1, -0.05) is 18.2 Å². The summed E-state index contributed by atoms with van der Waals surface area (Å²) in [4.78, 5) is 22.6. The summed E-state index contributed by atoms with van der Waals surface area (Å²) in [6.07, 6.45) is 0. The Morgan fingerprint density at radius 2 is 1.60 bits per heavy atom. The van der Waals surface area contributed by atoms with E-state index < -0.39 is 17.7 Å². The van der Waals surface area contributed by atoms with E-state index in [2.05, 4.69) is 0 Å². The molecule has 0 fully saturated rings. The van der Waals surface area contributed by atoms with Crippen LogP contribution in [0.2, 0.25) is 0 Å². The van der Waals surface area contributed by atoms with Gasteiger partial charge in [-0.05, 0) is 30.3 Å². The molecule has 0 saturated heterocycles. The van der Waals surface area contributed by atoms with Crippen LogP contribution in [0.5, 0.6) is 0 Å². The van der Waals surface area contributed by atoms with Gasteiger partial charge >= 0.3 is 5.97 Å². The standard InChI is InChI=1S/C15H12FNO3/c16-13-4-2-1-3-12(13)9-20-15(19)11-7-5-10(6-8-11)14(17)18/h1-8H,9H2,(H2,17,18). The highest BCUT2D eigenvalue weighted by atomic mass is 19.1. The van der Waals surface area contributed by atoms with E-state index in [1.54, 1.807) is 18.2 Å². The summed E-state index contributed by atoms with van der Waals surface area (Å²) in [6, 6.07) is 11.8. The monoisotopic (exact) mass is 273 g/mol. The second kappa shape index (κ2) is 5.97. The van der Waals surface area contributed by atoms with E-state index in [1.165, 1.54) is 30.3 Å². The van der Waals surface area contributed by atoms with Crippen molar-refractivity contribution in [3.63, 3.8) is 0 Å². The second-order valence-electron chi connectivity index (χ2n) is 4.11. The van der Waals surface area contributed by atoms with E-state index in [-0.39, 0.29) is 12.2 Å². The van der Waals surface area contributed by atoms with Gasteiger partial charge in [-0.3, -0.25) is 4.79 Å². The van der Waals surface area contributed by atoms with Gasteiger partial charge in [-0.25, -0.2) is 9.18 Å². The molecule has 0 spiro atoms. The van der Waals surface area contributed by atoms with Crippen molar-refractivity contribution in [1.29, 1.82) is 0 Å². The summed E-state index contributed by atoms with van der Waals surface area (Å²) in [5, 5.41) is 0. The van der Waals surface area contributed by atoms with Gasteiger partial charge in [0.1, 0.15) is 12.4 Å². The third-order valence-corrected chi connectivity index (χ3v) is 2.72. The number of primary amides is 1. The molecule has 0 atom stereocenters. The molecule has 1 amide bonds. The van der Waals surface area contributed by atoms with Gasteiger partial charge in [0.2, 0.25) is 5.91 Å². The number of nitrogens with two attached hydrogens (primary N) is 1. The Kier molecular flexibility index (Phi) is 4.10. The van der Waals surface area contributed by atoms with Gasteiger partial charge in [-0.2, -0.15) is 0 Å². The Morgan fingerprint density at radius 3 is 2.20 bits per heavy atom. The highest BCUT2D eigenvalue weighted by Crippen LogP contribution is 2.10. The molecule has 2 aromatic carbocycles. The maximum absolute atomic E-state index is 13.3. The number of carbonyl (C=O) groups is 2. The first-order valence-corrected chi connectivity index (χ1v) is 5.88. The number of hydrogen-bond acceptors (Lipinski definition) is 3. The number of hydrogen-bond donors (Lipinski definition) is 1. The molecule has 2 rings (SSSR count). The Morgan fingerprint density at radius 1 is 1.00 bits per heavy atom. The first-order valence-electron chi connectivity index (χ1n) is 5.88. The summed E-state index contributed by atoms with van der Waals surface area (Å²) in [7, 11) is 0. The van der Waals surface area contributed by atoms with Gasteiger partial charge in [0, 0.05) is 11.1 Å². The van der Waals surface area contributed by atoms with Crippen LogP contribution >= 0.6 is 0 Å². The maximum Gasteiger partial charge on any atom is 0.338 e. The Hall–Kier alpha value is -2.69. The van der Waals surface area contributed by atoms with Gasteiger partial charge in [0.15, 0.2) is 0 Å². The zero-order chi connectivity index (χ0) is 14.5. The van der Waals surface area contributed by atoms with Crippen molar-refractivity contribution in [3.05, 3.63) is 71.0 Å². The smallest absolute Gasteiger partial charge is 0.338 e. The third-order valence-electron chi connectivity index (χ3n) is 2.72. The summed E-state index contributed by atoms with van der Waals surface area (Å²) in [5.74, 6) is -1.59. The molecular formula is C15H12FNO3. The van der Waals surface area contributed by atoms with Gasteiger partial charge in [0.05, 0.1) is 5.56 Å². The Balaban J connectivity index is 2.02. The summed E-state index contributed by atoms with van der Waals surface area (Å²) >= 11 is 0. The molecule has 102 valence electrons. The van der Waals surface area contributed by atoms with E-state index in [0.29, 0.717) is 11.1 Å². The molecule has 2 aromatic rings. The van der Waals surface area contributed by atoms with Crippen molar-refractivity contribution >= 4 is 11.9 Å². The molecule has 0 aromatic heterocycles. The normalized spacial score (nSPS) is 10.1. The average Bonchev–Trinajstić information content (AvgIpc) is 2.46. The van der Waals surface area contributed by atoms with Crippen LogP contribution in [0.25, 0.3) is 0 Å². The van der Waals surface area contributed by atoms with E-state index in [9.17, 15) is 14.0 Å². The summed E-state index contributed by atoms with van der Waals surface area (Å²) in [6.45, 7) is -0.150.